The van der Waals surface area contributed by atoms with Crippen LogP contribution in [0.5, 0.6) is 0 Å². The third-order valence-corrected chi connectivity index (χ3v) is 14.7. The van der Waals surface area contributed by atoms with E-state index in [2.05, 4.69) is 242 Å². The van der Waals surface area contributed by atoms with E-state index in [0.29, 0.717) is 5.92 Å². The zero-order valence-corrected chi connectivity index (χ0v) is 35.4. The van der Waals surface area contributed by atoms with Gasteiger partial charge in [0.2, 0.25) is 0 Å². The molecule has 0 N–H and O–H groups in total. The average molecular weight is 808 g/mol. The first-order valence-electron chi connectivity index (χ1n) is 22.8. The Kier molecular flexibility index (Phi) is 9.11. The monoisotopic (exact) mass is 807 g/mol. The molecule has 1 heteroatoms. The molecule has 0 saturated heterocycles. The number of rotatable bonds is 8. The third kappa shape index (κ3) is 5.76. The van der Waals surface area contributed by atoms with Crippen molar-refractivity contribution in [3.63, 3.8) is 0 Å². The first kappa shape index (κ1) is 37.5. The van der Waals surface area contributed by atoms with Gasteiger partial charge in [0.25, 0.3) is 0 Å². The molecule has 0 bridgehead atoms. The Morgan fingerprint density at radius 2 is 1.17 bits per heavy atom. The van der Waals surface area contributed by atoms with Gasteiger partial charge < -0.3 is 4.90 Å². The minimum Gasteiger partial charge on any atom is -0.315 e. The van der Waals surface area contributed by atoms with Gasteiger partial charge in [-0.2, -0.15) is 0 Å². The van der Waals surface area contributed by atoms with Gasteiger partial charge in [0.05, 0.1) is 10.8 Å². The molecule has 4 unspecified atom stereocenters. The summed E-state index contributed by atoms with van der Waals surface area (Å²) >= 11 is 0. The topological polar surface area (TPSA) is 3.24 Å². The minimum atomic E-state index is -0.421. The number of anilines is 1. The van der Waals surface area contributed by atoms with Crippen LogP contribution >= 0.6 is 0 Å². The van der Waals surface area contributed by atoms with Gasteiger partial charge in [0, 0.05) is 23.0 Å². The van der Waals surface area contributed by atoms with Gasteiger partial charge in [0.1, 0.15) is 0 Å². The number of para-hydroxylation sites is 1. The maximum absolute atomic E-state index is 2.48. The van der Waals surface area contributed by atoms with Gasteiger partial charge in [-0.15, -0.1) is 0 Å². The SMILES string of the molecule is C1=CCC(C2(c3ccc(C4=CC=C(N(C5=CCC(c6ccccc6)C=C5)c5ccccc5)CC4)cc3)c3ccccc3C3(c4ccccc4)c4ccccc4-c4cccc2c43)C=C1. The van der Waals surface area contributed by atoms with Gasteiger partial charge in [-0.1, -0.05) is 212 Å². The first-order chi connectivity index (χ1) is 31.3. The van der Waals surface area contributed by atoms with Crippen molar-refractivity contribution in [3.8, 4) is 11.1 Å². The molecule has 0 amide bonds. The average Bonchev–Trinajstić information content (AvgIpc) is 3.68. The lowest BCUT2D eigenvalue weighted by Crippen LogP contribution is -2.47. The summed E-state index contributed by atoms with van der Waals surface area (Å²) in [5, 5.41) is 0. The smallest absolute Gasteiger partial charge is 0.0719 e. The van der Waals surface area contributed by atoms with Gasteiger partial charge in [-0.05, 0) is 123 Å². The fourth-order valence-electron chi connectivity index (χ4n) is 12.0. The molecule has 1 nitrogen and oxygen atoms in total. The zero-order valence-electron chi connectivity index (χ0n) is 35.4. The van der Waals surface area contributed by atoms with E-state index in [1.807, 2.05) is 0 Å². The second kappa shape index (κ2) is 15.3. The Morgan fingerprint density at radius 1 is 0.492 bits per heavy atom. The number of hydrogen-bond donors (Lipinski definition) is 0. The van der Waals surface area contributed by atoms with Crippen molar-refractivity contribution in [3.05, 3.63) is 298 Å². The van der Waals surface area contributed by atoms with E-state index in [0.717, 1.165) is 25.7 Å². The summed E-state index contributed by atoms with van der Waals surface area (Å²) in [7, 11) is 0. The van der Waals surface area contributed by atoms with Crippen LogP contribution in [0.3, 0.4) is 0 Å². The molecule has 5 aliphatic carbocycles. The normalized spacial score (nSPS) is 22.6. The van der Waals surface area contributed by atoms with Gasteiger partial charge >= 0.3 is 0 Å². The van der Waals surface area contributed by atoms with Crippen LogP contribution in [0, 0.1) is 5.92 Å². The van der Waals surface area contributed by atoms with E-state index in [9.17, 15) is 0 Å². The van der Waals surface area contributed by atoms with Crippen molar-refractivity contribution < 1.29 is 0 Å². The number of benzene rings is 7. The van der Waals surface area contributed by atoms with Gasteiger partial charge in [-0.3, -0.25) is 0 Å². The van der Waals surface area contributed by atoms with Crippen LogP contribution in [-0.4, -0.2) is 0 Å². The molecule has 63 heavy (non-hydrogen) atoms. The van der Waals surface area contributed by atoms with E-state index in [1.165, 1.54) is 83.9 Å². The van der Waals surface area contributed by atoms with Crippen LogP contribution in [0.1, 0.15) is 81.7 Å². The Hall–Kier alpha value is -7.22. The molecule has 0 radical (unpaired) electrons. The van der Waals surface area contributed by atoms with E-state index < -0.39 is 10.8 Å². The van der Waals surface area contributed by atoms with Crippen LogP contribution < -0.4 is 4.90 Å². The van der Waals surface area contributed by atoms with E-state index >= 15 is 0 Å². The van der Waals surface area contributed by atoms with Gasteiger partial charge in [0.15, 0.2) is 0 Å². The van der Waals surface area contributed by atoms with Crippen molar-refractivity contribution in [2.75, 3.05) is 4.90 Å². The molecule has 0 aromatic heterocycles. The summed E-state index contributed by atoms with van der Waals surface area (Å²) in [6.45, 7) is 0. The molecule has 12 rings (SSSR count). The zero-order chi connectivity index (χ0) is 41.8. The molecule has 5 aliphatic rings. The van der Waals surface area contributed by atoms with Crippen LogP contribution in [0.2, 0.25) is 0 Å². The lowest BCUT2D eigenvalue weighted by atomic mass is 9.49. The molecular weight excluding hydrogens is 759 g/mol. The highest BCUT2D eigenvalue weighted by Gasteiger charge is 2.58. The number of hydrogen-bond acceptors (Lipinski definition) is 1. The Bertz CT molecular complexity index is 3050. The molecule has 302 valence electrons. The first-order valence-corrected chi connectivity index (χ1v) is 22.8. The summed E-state index contributed by atoms with van der Waals surface area (Å²) in [4.78, 5) is 2.47. The molecule has 0 fully saturated rings. The Labute approximate surface area is 372 Å². The summed E-state index contributed by atoms with van der Waals surface area (Å²) < 4.78 is 0. The predicted molar refractivity (Wildman–Crippen MR) is 262 cm³/mol. The third-order valence-electron chi connectivity index (χ3n) is 14.7. The van der Waals surface area contributed by atoms with Crippen LogP contribution in [0.25, 0.3) is 16.7 Å². The lowest BCUT2D eigenvalue weighted by molar-refractivity contribution is 0.423. The van der Waals surface area contributed by atoms with E-state index in [1.54, 1.807) is 0 Å². The van der Waals surface area contributed by atoms with Crippen molar-refractivity contribution in [2.24, 2.45) is 5.92 Å². The molecule has 0 aliphatic heterocycles. The highest BCUT2D eigenvalue weighted by Crippen LogP contribution is 2.66. The summed E-state index contributed by atoms with van der Waals surface area (Å²) in [6, 6.07) is 68.5. The van der Waals surface area contributed by atoms with Crippen molar-refractivity contribution in [1.82, 2.24) is 0 Å². The van der Waals surface area contributed by atoms with Gasteiger partial charge in [-0.25, -0.2) is 0 Å². The fourth-order valence-corrected chi connectivity index (χ4v) is 12.0. The van der Waals surface area contributed by atoms with E-state index in [-0.39, 0.29) is 5.92 Å². The van der Waals surface area contributed by atoms with Crippen molar-refractivity contribution in [2.45, 2.75) is 42.4 Å². The summed E-state index contributed by atoms with van der Waals surface area (Å²) in [6.07, 6.45) is 25.1. The fraction of sp³-hybridized carbons (Fsp3) is 0.129. The number of allylic oxidation sites excluding steroid dienone is 11. The number of nitrogens with zero attached hydrogens (tertiary/aromatic N) is 1. The quantitative estimate of drug-likeness (QED) is 0.148. The molecule has 4 atom stereocenters. The minimum absolute atomic E-state index is 0.230. The van der Waals surface area contributed by atoms with E-state index in [4.69, 9.17) is 0 Å². The standard InChI is InChI=1S/C62H49N/c1-5-18-44(19-6-1)46-34-40-52(41-35-46)63(51-24-11-4-12-25-51)53-42-36-47(37-43-53)45-32-38-50(39-33-45)61(48-20-7-2-8-21-48)57-29-15-16-30-58(57)62(49-22-9-3-10-23-49)56-28-14-13-26-54(56)55-27-17-31-59(61)60(55)62/h1-20,22-34,36,38-42,46,48H,21,35,37,43H2. The summed E-state index contributed by atoms with van der Waals surface area (Å²) in [5.41, 5.74) is 19.4. The molecule has 0 heterocycles. The Morgan fingerprint density at radius 3 is 1.89 bits per heavy atom. The largest absolute Gasteiger partial charge is 0.315 e. The maximum Gasteiger partial charge on any atom is 0.0719 e. The van der Waals surface area contributed by atoms with Crippen molar-refractivity contribution >= 4 is 11.3 Å². The van der Waals surface area contributed by atoms with Crippen molar-refractivity contribution in [1.29, 1.82) is 0 Å². The predicted octanol–water partition coefficient (Wildman–Crippen LogP) is 15.0. The maximum atomic E-state index is 2.48. The Balaban J connectivity index is 0.964. The lowest BCUT2D eigenvalue weighted by Gasteiger charge is -2.52. The van der Waals surface area contributed by atoms with Crippen LogP contribution in [0.15, 0.2) is 248 Å². The molecule has 0 saturated carbocycles. The molecule has 0 spiro atoms. The second-order valence-corrected chi connectivity index (χ2v) is 17.7. The highest BCUT2D eigenvalue weighted by atomic mass is 15.2. The van der Waals surface area contributed by atoms with Crippen LogP contribution in [-0.2, 0) is 10.8 Å². The number of fused-ring (bicyclic) bond motifs is 5. The molecular formula is C62H49N. The highest BCUT2D eigenvalue weighted by molar-refractivity contribution is 5.91. The second-order valence-electron chi connectivity index (χ2n) is 17.7. The van der Waals surface area contributed by atoms with Crippen LogP contribution in [0.4, 0.5) is 5.69 Å². The summed E-state index contributed by atoms with van der Waals surface area (Å²) in [5.74, 6) is 0.632. The molecule has 7 aromatic carbocycles. The molecule has 7 aromatic rings.